The lowest BCUT2D eigenvalue weighted by Gasteiger charge is -2.43. The number of benzene rings is 2. The van der Waals surface area contributed by atoms with E-state index in [-0.39, 0.29) is 23.2 Å². The standard InChI is InChI=1S/C30H37ClN2O5S/c1-20-5-4-7-28(34)26-12-9-23(26)17-33-14-3-2-6-21-15-25(31)11-8-24(21)18-38-29-13-10-22(16-27(29)33)30(35)32-39(36,37)19-20/h4-5,8,10-11,13,15-16,20,23,26,28,34H,2-3,6-7,9,12,14,17-19H2,1H3,(H,32,35)/b5-4+/t20-,23-,26+,28-/m0/s1. The number of hydrogen-bond donors (Lipinski definition) is 2. The van der Waals surface area contributed by atoms with Gasteiger partial charge in [-0.2, -0.15) is 0 Å². The first-order valence-electron chi connectivity index (χ1n) is 13.9. The van der Waals surface area contributed by atoms with Crippen molar-refractivity contribution in [3.8, 4) is 5.75 Å². The molecule has 0 saturated heterocycles. The van der Waals surface area contributed by atoms with Crippen molar-refractivity contribution < 1.29 is 23.1 Å². The second-order valence-electron chi connectivity index (χ2n) is 11.2. The Balaban J connectivity index is 1.52. The van der Waals surface area contributed by atoms with Gasteiger partial charge in [0, 0.05) is 23.7 Å². The van der Waals surface area contributed by atoms with E-state index in [4.69, 9.17) is 16.3 Å². The van der Waals surface area contributed by atoms with Gasteiger partial charge in [-0.15, -0.1) is 0 Å². The van der Waals surface area contributed by atoms with Gasteiger partial charge in [-0.25, -0.2) is 13.1 Å². The van der Waals surface area contributed by atoms with Gasteiger partial charge < -0.3 is 14.7 Å². The van der Waals surface area contributed by atoms with E-state index in [2.05, 4.69) is 9.62 Å². The number of nitrogens with one attached hydrogen (secondary N) is 1. The summed E-state index contributed by atoms with van der Waals surface area (Å²) in [5.41, 5.74) is 3.30. The summed E-state index contributed by atoms with van der Waals surface area (Å²) in [6, 6.07) is 11.0. The maximum atomic E-state index is 13.1. The minimum atomic E-state index is -3.85. The molecule has 9 heteroatoms. The third kappa shape index (κ3) is 6.79. The number of aliphatic hydroxyl groups excluding tert-OH is 1. The molecule has 2 aromatic rings. The van der Waals surface area contributed by atoms with Crippen molar-refractivity contribution in [2.45, 2.75) is 58.2 Å². The second-order valence-corrected chi connectivity index (χ2v) is 13.4. The molecule has 210 valence electrons. The fourth-order valence-electron chi connectivity index (χ4n) is 5.96. The molecule has 1 amide bonds. The number of hydrogen-bond acceptors (Lipinski definition) is 6. The van der Waals surface area contributed by atoms with Crippen molar-refractivity contribution in [1.82, 2.24) is 4.72 Å². The number of sulfonamides is 1. The predicted molar refractivity (Wildman–Crippen MR) is 154 cm³/mol. The zero-order valence-electron chi connectivity index (χ0n) is 22.3. The minimum Gasteiger partial charge on any atom is -0.487 e. The number of allylic oxidation sites excluding steroid dienone is 1. The molecule has 4 atom stereocenters. The smallest absolute Gasteiger partial charge is 0.264 e. The van der Waals surface area contributed by atoms with Crippen LogP contribution in [0, 0.1) is 17.8 Å². The Hall–Kier alpha value is -2.55. The maximum Gasteiger partial charge on any atom is 0.264 e. The minimum absolute atomic E-state index is 0.182. The fraction of sp³-hybridized carbons (Fsp3) is 0.500. The molecule has 0 spiro atoms. The first-order valence-corrected chi connectivity index (χ1v) is 15.9. The number of rotatable bonds is 0. The van der Waals surface area contributed by atoms with Crippen LogP contribution in [0.15, 0.2) is 48.6 Å². The van der Waals surface area contributed by atoms with Crippen molar-refractivity contribution in [3.63, 3.8) is 0 Å². The van der Waals surface area contributed by atoms with Crippen LogP contribution in [-0.4, -0.2) is 44.4 Å². The lowest BCUT2D eigenvalue weighted by molar-refractivity contribution is 0.0180. The van der Waals surface area contributed by atoms with Gasteiger partial charge in [-0.05, 0) is 97.7 Å². The number of amides is 1. The monoisotopic (exact) mass is 572 g/mol. The van der Waals surface area contributed by atoms with Crippen LogP contribution in [0.5, 0.6) is 5.75 Å². The number of anilines is 1. The Morgan fingerprint density at radius 3 is 2.74 bits per heavy atom. The van der Waals surface area contributed by atoms with E-state index in [0.717, 1.165) is 56.4 Å². The number of halogens is 1. The van der Waals surface area contributed by atoms with Crippen LogP contribution in [0.25, 0.3) is 0 Å². The van der Waals surface area contributed by atoms with Crippen LogP contribution in [0.4, 0.5) is 5.69 Å². The van der Waals surface area contributed by atoms with Crippen molar-refractivity contribution in [2.75, 3.05) is 23.7 Å². The van der Waals surface area contributed by atoms with Crippen molar-refractivity contribution >= 4 is 33.2 Å². The van der Waals surface area contributed by atoms with Crippen LogP contribution in [0.3, 0.4) is 0 Å². The molecule has 5 rings (SSSR count). The highest BCUT2D eigenvalue weighted by atomic mass is 35.5. The summed E-state index contributed by atoms with van der Waals surface area (Å²) < 4.78 is 34.1. The molecule has 39 heavy (non-hydrogen) atoms. The first-order chi connectivity index (χ1) is 18.7. The van der Waals surface area contributed by atoms with E-state index in [1.165, 1.54) is 5.56 Å². The number of ether oxygens (including phenoxy) is 1. The van der Waals surface area contributed by atoms with Gasteiger partial charge >= 0.3 is 0 Å². The SMILES string of the molecule is C[C@H]1/C=C/C[C@H](O)[C@@H]2CC[C@H]2CN2CCCCc3cc(Cl)ccc3COc3ccc(cc32)C(=O)NS(=O)(=O)C1. The van der Waals surface area contributed by atoms with Gasteiger partial charge in [0.05, 0.1) is 17.5 Å². The molecule has 1 fully saturated rings. The van der Waals surface area contributed by atoms with Gasteiger partial charge in [0.25, 0.3) is 5.91 Å². The van der Waals surface area contributed by atoms with Gasteiger partial charge in [-0.3, -0.25) is 4.79 Å². The number of carbonyl (C=O) groups is 1. The van der Waals surface area contributed by atoms with E-state index >= 15 is 0 Å². The third-order valence-electron chi connectivity index (χ3n) is 8.24. The third-order valence-corrected chi connectivity index (χ3v) is 9.93. The summed E-state index contributed by atoms with van der Waals surface area (Å²) in [5.74, 6) is 0.00823. The zero-order valence-corrected chi connectivity index (χ0v) is 23.9. The zero-order chi connectivity index (χ0) is 27.6. The van der Waals surface area contributed by atoms with E-state index in [1.54, 1.807) is 25.1 Å². The first kappa shape index (κ1) is 28.0. The van der Waals surface area contributed by atoms with Crippen molar-refractivity contribution in [2.24, 2.45) is 17.8 Å². The van der Waals surface area contributed by atoms with Crippen LogP contribution < -0.4 is 14.4 Å². The Kier molecular flexibility index (Phi) is 8.55. The molecule has 0 radical (unpaired) electrons. The molecule has 3 aliphatic rings. The van der Waals surface area contributed by atoms with E-state index < -0.39 is 22.0 Å². The summed E-state index contributed by atoms with van der Waals surface area (Å²) in [7, 11) is -3.85. The second kappa shape index (κ2) is 11.9. The molecule has 2 heterocycles. The average molecular weight is 573 g/mol. The normalized spacial score (nSPS) is 28.4. The molecule has 1 aliphatic carbocycles. The van der Waals surface area contributed by atoms with E-state index in [9.17, 15) is 18.3 Å². The number of aryl methyl sites for hydroxylation is 1. The molecule has 2 aromatic carbocycles. The molecular formula is C30H37ClN2O5S. The quantitative estimate of drug-likeness (QED) is 0.426. The van der Waals surface area contributed by atoms with E-state index in [1.807, 2.05) is 30.4 Å². The lowest BCUT2D eigenvalue weighted by Crippen LogP contribution is -2.43. The molecular weight excluding hydrogens is 536 g/mol. The average Bonchev–Trinajstić information content (AvgIpc) is 2.88. The topological polar surface area (TPSA) is 95.9 Å². The van der Waals surface area contributed by atoms with Crippen molar-refractivity contribution in [3.05, 3.63) is 70.3 Å². The van der Waals surface area contributed by atoms with Gasteiger partial charge in [0.15, 0.2) is 0 Å². The van der Waals surface area contributed by atoms with Gasteiger partial charge in [0.2, 0.25) is 10.0 Å². The Morgan fingerprint density at radius 1 is 1.10 bits per heavy atom. The molecule has 2 bridgehead atoms. The summed E-state index contributed by atoms with van der Waals surface area (Å²) >= 11 is 6.28. The van der Waals surface area contributed by atoms with Crippen LogP contribution >= 0.6 is 11.6 Å². The van der Waals surface area contributed by atoms with Crippen LogP contribution in [-0.2, 0) is 23.1 Å². The van der Waals surface area contributed by atoms with Gasteiger partial charge in [-0.1, -0.05) is 36.7 Å². The maximum absolute atomic E-state index is 13.1. The van der Waals surface area contributed by atoms with Gasteiger partial charge in [0.1, 0.15) is 12.4 Å². The summed E-state index contributed by atoms with van der Waals surface area (Å²) in [6.45, 7) is 3.65. The molecule has 0 aromatic heterocycles. The molecule has 1 saturated carbocycles. The van der Waals surface area contributed by atoms with Crippen molar-refractivity contribution in [1.29, 1.82) is 0 Å². The fourth-order valence-corrected chi connectivity index (χ4v) is 7.44. The molecule has 7 nitrogen and oxygen atoms in total. The van der Waals surface area contributed by atoms with E-state index in [0.29, 0.717) is 29.7 Å². The Bertz CT molecular complexity index is 1340. The Labute approximate surface area is 236 Å². The highest BCUT2D eigenvalue weighted by Gasteiger charge is 2.37. The predicted octanol–water partition coefficient (Wildman–Crippen LogP) is 5.10. The lowest BCUT2D eigenvalue weighted by atomic mass is 9.69. The molecule has 2 N–H and O–H groups in total. The molecule has 0 unspecified atom stereocenters. The highest BCUT2D eigenvalue weighted by Crippen LogP contribution is 2.41. The number of fused-ring (bicyclic) bond motifs is 3. The van der Waals surface area contributed by atoms with Crippen LogP contribution in [0.2, 0.25) is 5.02 Å². The molecule has 2 aliphatic heterocycles. The van der Waals surface area contributed by atoms with Crippen LogP contribution in [0.1, 0.15) is 60.5 Å². The number of carbonyl (C=O) groups excluding carboxylic acids is 1. The number of aliphatic hydroxyl groups is 1. The summed E-state index contributed by atoms with van der Waals surface area (Å²) in [4.78, 5) is 15.4. The summed E-state index contributed by atoms with van der Waals surface area (Å²) in [6.07, 6.45) is 8.51. The Morgan fingerprint density at radius 2 is 1.95 bits per heavy atom. The summed E-state index contributed by atoms with van der Waals surface area (Å²) in [5, 5.41) is 11.7. The number of nitrogens with zero attached hydrogens (tertiary/aromatic N) is 1. The largest absolute Gasteiger partial charge is 0.487 e. The highest BCUT2D eigenvalue weighted by molar-refractivity contribution is 7.90.